The summed E-state index contributed by atoms with van der Waals surface area (Å²) in [5.41, 5.74) is 7.12. The Morgan fingerprint density at radius 2 is 2.11 bits per heavy atom. The summed E-state index contributed by atoms with van der Waals surface area (Å²) in [4.78, 5) is 19.9. The van der Waals surface area contributed by atoms with E-state index in [-0.39, 0.29) is 17.7 Å². The van der Waals surface area contributed by atoms with E-state index in [1.807, 2.05) is 19.1 Å². The second-order valence-electron chi connectivity index (χ2n) is 3.98. The summed E-state index contributed by atoms with van der Waals surface area (Å²) in [6.07, 6.45) is 0. The quantitative estimate of drug-likeness (QED) is 0.873. The van der Waals surface area contributed by atoms with E-state index in [0.717, 1.165) is 5.56 Å². The Morgan fingerprint density at radius 1 is 1.32 bits per heavy atom. The number of rotatable bonds is 3. The smallest absolute Gasteiger partial charge is 0.258 e. The van der Waals surface area contributed by atoms with Crippen LogP contribution in [0.1, 0.15) is 15.9 Å². The van der Waals surface area contributed by atoms with Gasteiger partial charge < -0.3 is 10.5 Å². The predicted molar refractivity (Wildman–Crippen MR) is 72.1 cm³/mol. The Bertz CT molecular complexity index is 613. The summed E-state index contributed by atoms with van der Waals surface area (Å²) < 4.78 is 4.96. The number of nitrogens with two attached hydrogens (primary N) is 1. The SMILES string of the molecule is COc1cc(N)nc(NC(=O)c2cccc(C)c2)n1. The third-order valence-corrected chi connectivity index (χ3v) is 2.44. The van der Waals surface area contributed by atoms with Crippen LogP contribution in [0.5, 0.6) is 5.88 Å². The summed E-state index contributed by atoms with van der Waals surface area (Å²) in [7, 11) is 1.47. The number of nitrogen functional groups attached to an aromatic ring is 1. The minimum atomic E-state index is -0.295. The molecule has 1 heterocycles. The van der Waals surface area contributed by atoms with Crippen LogP contribution < -0.4 is 15.8 Å². The molecular weight excluding hydrogens is 244 g/mol. The minimum absolute atomic E-state index is 0.114. The largest absolute Gasteiger partial charge is 0.481 e. The van der Waals surface area contributed by atoms with Crippen LogP contribution in [0.25, 0.3) is 0 Å². The highest BCUT2D eigenvalue weighted by Crippen LogP contribution is 2.14. The molecule has 1 aromatic heterocycles. The van der Waals surface area contributed by atoms with Gasteiger partial charge >= 0.3 is 0 Å². The highest BCUT2D eigenvalue weighted by Gasteiger charge is 2.09. The van der Waals surface area contributed by atoms with Crippen molar-refractivity contribution in [2.75, 3.05) is 18.2 Å². The first-order valence-electron chi connectivity index (χ1n) is 5.65. The van der Waals surface area contributed by atoms with E-state index >= 15 is 0 Å². The maximum Gasteiger partial charge on any atom is 0.258 e. The van der Waals surface area contributed by atoms with Gasteiger partial charge in [0, 0.05) is 11.6 Å². The van der Waals surface area contributed by atoms with Crippen molar-refractivity contribution in [3.8, 4) is 5.88 Å². The number of ether oxygens (including phenoxy) is 1. The molecule has 19 heavy (non-hydrogen) atoms. The van der Waals surface area contributed by atoms with Gasteiger partial charge in [0.2, 0.25) is 11.8 Å². The predicted octanol–water partition coefficient (Wildman–Crippen LogP) is 1.63. The monoisotopic (exact) mass is 258 g/mol. The molecule has 0 unspecified atom stereocenters. The molecule has 0 aliphatic carbocycles. The van der Waals surface area contributed by atoms with Gasteiger partial charge in [-0.25, -0.2) is 0 Å². The van der Waals surface area contributed by atoms with Crippen molar-refractivity contribution >= 4 is 17.7 Å². The van der Waals surface area contributed by atoms with Gasteiger partial charge in [0.1, 0.15) is 5.82 Å². The second kappa shape index (κ2) is 5.34. The first-order chi connectivity index (χ1) is 9.08. The van der Waals surface area contributed by atoms with E-state index < -0.39 is 0 Å². The highest BCUT2D eigenvalue weighted by atomic mass is 16.5. The second-order valence-corrected chi connectivity index (χ2v) is 3.98. The summed E-state index contributed by atoms with van der Waals surface area (Å²) in [6, 6.07) is 8.69. The number of carbonyl (C=O) groups excluding carboxylic acids is 1. The molecule has 6 nitrogen and oxygen atoms in total. The molecular formula is C13H14N4O2. The first-order valence-corrected chi connectivity index (χ1v) is 5.65. The molecule has 0 saturated carbocycles. The van der Waals surface area contributed by atoms with Crippen molar-refractivity contribution in [2.45, 2.75) is 6.92 Å². The lowest BCUT2D eigenvalue weighted by molar-refractivity contribution is 0.102. The average Bonchev–Trinajstić information content (AvgIpc) is 2.38. The van der Waals surface area contributed by atoms with Gasteiger partial charge in [-0.15, -0.1) is 0 Å². The van der Waals surface area contributed by atoms with E-state index in [1.165, 1.54) is 13.2 Å². The highest BCUT2D eigenvalue weighted by molar-refractivity contribution is 6.03. The fraction of sp³-hybridized carbons (Fsp3) is 0.154. The molecule has 6 heteroatoms. The molecule has 0 aliphatic heterocycles. The fourth-order valence-corrected chi connectivity index (χ4v) is 1.56. The number of anilines is 2. The van der Waals surface area contributed by atoms with Gasteiger partial charge in [0.05, 0.1) is 7.11 Å². The maximum absolute atomic E-state index is 12.0. The zero-order valence-corrected chi connectivity index (χ0v) is 10.7. The Labute approximate surface area is 110 Å². The number of aromatic nitrogens is 2. The summed E-state index contributed by atoms with van der Waals surface area (Å²) in [5.74, 6) is 0.346. The lowest BCUT2D eigenvalue weighted by atomic mass is 10.1. The zero-order chi connectivity index (χ0) is 13.8. The number of hydrogen-bond donors (Lipinski definition) is 2. The molecule has 0 bridgehead atoms. The summed E-state index contributed by atoms with van der Waals surface area (Å²) in [6.45, 7) is 1.91. The number of benzene rings is 1. The van der Waals surface area contributed by atoms with E-state index in [9.17, 15) is 4.79 Å². The molecule has 1 amide bonds. The summed E-state index contributed by atoms with van der Waals surface area (Å²) in [5, 5.41) is 2.58. The van der Waals surface area contributed by atoms with Crippen molar-refractivity contribution < 1.29 is 9.53 Å². The fourth-order valence-electron chi connectivity index (χ4n) is 1.56. The van der Waals surface area contributed by atoms with Crippen LogP contribution in [0.2, 0.25) is 0 Å². The number of amides is 1. The van der Waals surface area contributed by atoms with Crippen LogP contribution in [0, 0.1) is 6.92 Å². The Balaban J connectivity index is 2.21. The van der Waals surface area contributed by atoms with E-state index in [0.29, 0.717) is 11.4 Å². The average molecular weight is 258 g/mol. The molecule has 0 fully saturated rings. The zero-order valence-electron chi connectivity index (χ0n) is 10.7. The Hall–Kier alpha value is -2.63. The molecule has 2 aromatic rings. The standard InChI is InChI=1S/C13H14N4O2/c1-8-4-3-5-9(6-8)12(18)17-13-15-10(14)7-11(16-13)19-2/h3-7H,1-2H3,(H3,14,15,16,17,18). The third kappa shape index (κ3) is 3.19. The maximum atomic E-state index is 12.0. The molecule has 0 aliphatic rings. The van der Waals surface area contributed by atoms with Gasteiger partial charge in [0.15, 0.2) is 0 Å². The van der Waals surface area contributed by atoms with Gasteiger partial charge in [0.25, 0.3) is 5.91 Å². The number of nitrogens with one attached hydrogen (secondary N) is 1. The van der Waals surface area contributed by atoms with E-state index in [1.54, 1.807) is 12.1 Å². The van der Waals surface area contributed by atoms with Crippen LogP contribution in [0.3, 0.4) is 0 Å². The van der Waals surface area contributed by atoms with E-state index in [4.69, 9.17) is 10.5 Å². The van der Waals surface area contributed by atoms with Crippen LogP contribution >= 0.6 is 0 Å². The van der Waals surface area contributed by atoms with Crippen molar-refractivity contribution in [3.63, 3.8) is 0 Å². The number of nitrogens with zero attached hydrogens (tertiary/aromatic N) is 2. The van der Waals surface area contributed by atoms with E-state index in [2.05, 4.69) is 15.3 Å². The molecule has 0 spiro atoms. The molecule has 2 rings (SSSR count). The Morgan fingerprint density at radius 3 is 2.79 bits per heavy atom. The number of methoxy groups -OCH3 is 1. The van der Waals surface area contributed by atoms with Gasteiger partial charge in [-0.05, 0) is 19.1 Å². The van der Waals surface area contributed by atoms with Crippen LogP contribution in [0.15, 0.2) is 30.3 Å². The molecule has 98 valence electrons. The number of carbonyl (C=O) groups is 1. The molecule has 0 radical (unpaired) electrons. The van der Waals surface area contributed by atoms with Gasteiger partial charge in [-0.2, -0.15) is 9.97 Å². The van der Waals surface area contributed by atoms with Gasteiger partial charge in [-0.3, -0.25) is 10.1 Å². The van der Waals surface area contributed by atoms with Crippen molar-refractivity contribution in [1.82, 2.24) is 9.97 Å². The normalized spacial score (nSPS) is 10.0. The van der Waals surface area contributed by atoms with Crippen molar-refractivity contribution in [1.29, 1.82) is 0 Å². The lowest BCUT2D eigenvalue weighted by Gasteiger charge is -2.06. The van der Waals surface area contributed by atoms with Crippen LogP contribution in [-0.2, 0) is 0 Å². The van der Waals surface area contributed by atoms with Crippen LogP contribution in [-0.4, -0.2) is 23.0 Å². The molecule has 0 atom stereocenters. The third-order valence-electron chi connectivity index (χ3n) is 2.44. The molecule has 3 N–H and O–H groups in total. The topological polar surface area (TPSA) is 90.1 Å². The first kappa shape index (κ1) is 12.8. The van der Waals surface area contributed by atoms with Gasteiger partial charge in [-0.1, -0.05) is 17.7 Å². The molecule has 0 saturated heterocycles. The number of hydrogen-bond acceptors (Lipinski definition) is 5. The number of aryl methyl sites for hydroxylation is 1. The lowest BCUT2D eigenvalue weighted by Crippen LogP contribution is -2.15. The Kier molecular flexibility index (Phi) is 3.61. The van der Waals surface area contributed by atoms with Crippen molar-refractivity contribution in [3.05, 3.63) is 41.5 Å². The summed E-state index contributed by atoms with van der Waals surface area (Å²) >= 11 is 0. The van der Waals surface area contributed by atoms with Crippen molar-refractivity contribution in [2.24, 2.45) is 0 Å². The molecule has 1 aromatic carbocycles. The minimum Gasteiger partial charge on any atom is -0.481 e. The van der Waals surface area contributed by atoms with Crippen LogP contribution in [0.4, 0.5) is 11.8 Å².